The average Bonchev–Trinajstić information content (AvgIpc) is 2.67. The molecule has 4 N–H and O–H groups in total. The molecule has 1 aromatic heterocycles. The summed E-state index contributed by atoms with van der Waals surface area (Å²) in [7, 11) is -4.39. The molecule has 0 spiro atoms. The van der Waals surface area contributed by atoms with E-state index in [1.54, 1.807) is 6.07 Å². The van der Waals surface area contributed by atoms with Crippen molar-refractivity contribution < 1.29 is 28.3 Å². The van der Waals surface area contributed by atoms with Crippen LogP contribution in [-0.2, 0) is 24.1 Å². The smallest absolute Gasteiger partial charge is 0.383 e. The van der Waals surface area contributed by atoms with Gasteiger partial charge in [-0.25, -0.2) is 9.36 Å². The number of nitrogens with zero attached hydrogens (tertiary/aromatic N) is 3. The molecule has 2 aliphatic heterocycles. The molecule has 0 bridgehead atoms. The Morgan fingerprint density at radius 2 is 2.35 bits per heavy atom. The lowest BCUT2D eigenvalue weighted by Gasteiger charge is -2.36. The number of rotatable bonds is 1. The highest BCUT2D eigenvalue weighted by Gasteiger charge is 2.69. The summed E-state index contributed by atoms with van der Waals surface area (Å²) >= 11 is 0. The highest BCUT2D eigenvalue weighted by atomic mass is 31.2. The summed E-state index contributed by atoms with van der Waals surface area (Å²) in [6.07, 6.45) is -1.27. The van der Waals surface area contributed by atoms with Gasteiger partial charge < -0.3 is 20.5 Å². The Balaban J connectivity index is 2.15. The van der Waals surface area contributed by atoms with Crippen molar-refractivity contribution in [3.8, 4) is 6.07 Å². The number of fused-ring (bicyclic) bond motifs is 1. The zero-order valence-corrected chi connectivity index (χ0v) is 12.7. The van der Waals surface area contributed by atoms with Gasteiger partial charge in [0.1, 0.15) is 24.1 Å². The second-order valence-electron chi connectivity index (χ2n) is 5.35. The average molecular weight is 344 g/mol. The molecule has 1 aromatic rings. The number of aromatic nitrogens is 2. The molecule has 5 unspecified atom stereocenters. The Kier molecular flexibility index (Phi) is 3.39. The van der Waals surface area contributed by atoms with Crippen molar-refractivity contribution in [2.75, 3.05) is 12.3 Å². The van der Waals surface area contributed by atoms with E-state index in [1.807, 2.05) is 0 Å². The standard InChI is InChI=1S/C11H13N4O7P/c1-10(17)8-6(4-20-23(18,19)22-8)21-11(10,5-12)15-3-2-7(13)14-9(15)16/h2-3,6,8,17H,4H2,1H3,(H,18,19)(H2,13,14,16). The molecule has 0 aromatic carbocycles. The molecule has 11 nitrogen and oxygen atoms in total. The molecule has 12 heteroatoms. The summed E-state index contributed by atoms with van der Waals surface area (Å²) in [5, 5.41) is 20.4. The molecule has 23 heavy (non-hydrogen) atoms. The molecular formula is C11H13N4O7P. The van der Waals surface area contributed by atoms with Gasteiger partial charge in [-0.3, -0.25) is 13.6 Å². The second-order valence-corrected chi connectivity index (χ2v) is 6.76. The summed E-state index contributed by atoms with van der Waals surface area (Å²) in [6.45, 7) is 0.768. The number of aliphatic hydroxyl groups is 1. The number of anilines is 1. The number of nitrogens with two attached hydrogens (primary N) is 1. The zero-order chi connectivity index (χ0) is 17.0. The van der Waals surface area contributed by atoms with E-state index in [9.17, 15) is 24.6 Å². The first-order valence-corrected chi connectivity index (χ1v) is 7.95. The number of ether oxygens (including phenoxy) is 1. The summed E-state index contributed by atoms with van der Waals surface area (Å²) in [5.74, 6) is -0.0751. The Morgan fingerprint density at radius 3 is 2.96 bits per heavy atom. The molecule has 124 valence electrons. The fourth-order valence-electron chi connectivity index (χ4n) is 2.74. The molecular weight excluding hydrogens is 331 g/mol. The van der Waals surface area contributed by atoms with Crippen LogP contribution in [0.1, 0.15) is 6.92 Å². The summed E-state index contributed by atoms with van der Waals surface area (Å²) in [6, 6.07) is 2.98. The van der Waals surface area contributed by atoms with E-state index in [4.69, 9.17) is 15.0 Å². The predicted molar refractivity (Wildman–Crippen MR) is 72.6 cm³/mol. The largest absolute Gasteiger partial charge is 0.472 e. The van der Waals surface area contributed by atoms with Crippen molar-refractivity contribution in [3.63, 3.8) is 0 Å². The Labute approximate surface area is 129 Å². The van der Waals surface area contributed by atoms with Gasteiger partial charge in [-0.2, -0.15) is 10.2 Å². The fraction of sp³-hybridized carbons (Fsp3) is 0.545. The van der Waals surface area contributed by atoms with E-state index in [0.29, 0.717) is 0 Å². The van der Waals surface area contributed by atoms with Crippen LogP contribution >= 0.6 is 7.82 Å². The Bertz CT molecular complexity index is 802. The van der Waals surface area contributed by atoms with Crippen molar-refractivity contribution in [2.24, 2.45) is 0 Å². The van der Waals surface area contributed by atoms with E-state index in [1.165, 1.54) is 6.07 Å². The normalized spacial score (nSPS) is 42.9. The minimum atomic E-state index is -4.39. The van der Waals surface area contributed by atoms with E-state index in [-0.39, 0.29) is 5.82 Å². The molecule has 0 radical (unpaired) electrons. The summed E-state index contributed by atoms with van der Waals surface area (Å²) in [4.78, 5) is 25.0. The van der Waals surface area contributed by atoms with Gasteiger partial charge in [-0.1, -0.05) is 0 Å². The molecule has 2 aliphatic rings. The number of nitrogen functional groups attached to an aromatic ring is 1. The third-order valence-corrected chi connectivity index (χ3v) is 4.83. The molecule has 0 saturated carbocycles. The number of phosphoric ester groups is 1. The van der Waals surface area contributed by atoms with Crippen LogP contribution in [0.5, 0.6) is 0 Å². The monoisotopic (exact) mass is 344 g/mol. The third kappa shape index (κ3) is 2.20. The van der Waals surface area contributed by atoms with Crippen LogP contribution in [0.2, 0.25) is 0 Å². The van der Waals surface area contributed by atoms with Crippen molar-refractivity contribution >= 4 is 13.6 Å². The van der Waals surface area contributed by atoms with Crippen LogP contribution < -0.4 is 11.4 Å². The maximum Gasteiger partial charge on any atom is 0.472 e. The Hall–Kier alpha value is -1.80. The van der Waals surface area contributed by atoms with Crippen molar-refractivity contribution in [3.05, 3.63) is 22.7 Å². The van der Waals surface area contributed by atoms with Crippen molar-refractivity contribution in [2.45, 2.75) is 30.5 Å². The molecule has 0 aliphatic carbocycles. The van der Waals surface area contributed by atoms with Gasteiger partial charge in [0.05, 0.1) is 6.61 Å². The van der Waals surface area contributed by atoms with Crippen LogP contribution in [0.4, 0.5) is 5.82 Å². The van der Waals surface area contributed by atoms with Crippen LogP contribution in [0, 0.1) is 11.3 Å². The molecule has 5 atom stereocenters. The van der Waals surface area contributed by atoms with E-state index >= 15 is 0 Å². The number of phosphoric acid groups is 1. The van der Waals surface area contributed by atoms with E-state index in [2.05, 4.69) is 9.51 Å². The van der Waals surface area contributed by atoms with Crippen LogP contribution in [0.15, 0.2) is 17.1 Å². The lowest BCUT2D eigenvalue weighted by molar-refractivity contribution is -0.147. The van der Waals surface area contributed by atoms with Crippen molar-refractivity contribution in [1.82, 2.24) is 9.55 Å². The maximum atomic E-state index is 12.1. The topological polar surface area (TPSA) is 170 Å². The predicted octanol–water partition coefficient (Wildman–Crippen LogP) is -1.33. The fourth-order valence-corrected chi connectivity index (χ4v) is 3.76. The second kappa shape index (κ2) is 4.85. The van der Waals surface area contributed by atoms with E-state index < -0.39 is 43.7 Å². The quantitative estimate of drug-likeness (QED) is 0.518. The number of hydrogen-bond donors (Lipinski definition) is 3. The Morgan fingerprint density at radius 1 is 1.65 bits per heavy atom. The van der Waals surface area contributed by atoms with Crippen LogP contribution in [0.3, 0.4) is 0 Å². The first-order chi connectivity index (χ1) is 10.6. The van der Waals surface area contributed by atoms with E-state index in [0.717, 1.165) is 17.7 Å². The highest BCUT2D eigenvalue weighted by molar-refractivity contribution is 7.47. The molecule has 0 amide bonds. The van der Waals surface area contributed by atoms with Crippen molar-refractivity contribution in [1.29, 1.82) is 5.26 Å². The van der Waals surface area contributed by atoms with Gasteiger partial charge in [0, 0.05) is 6.20 Å². The van der Waals surface area contributed by atoms with Gasteiger partial charge in [0.25, 0.3) is 5.72 Å². The summed E-state index contributed by atoms with van der Waals surface area (Å²) in [5.41, 5.74) is 0.103. The van der Waals surface area contributed by atoms with Gasteiger partial charge in [0.15, 0.2) is 5.60 Å². The van der Waals surface area contributed by atoms with Crippen LogP contribution in [0.25, 0.3) is 0 Å². The highest BCUT2D eigenvalue weighted by Crippen LogP contribution is 2.56. The maximum absolute atomic E-state index is 12.1. The van der Waals surface area contributed by atoms with Gasteiger partial charge >= 0.3 is 13.5 Å². The van der Waals surface area contributed by atoms with Gasteiger partial charge in [0.2, 0.25) is 0 Å². The SMILES string of the molecule is CC1(O)C2OP(=O)(O)OCC2OC1(C#N)n1ccc(N)nc1=O. The zero-order valence-electron chi connectivity index (χ0n) is 11.8. The minimum Gasteiger partial charge on any atom is -0.383 e. The summed E-state index contributed by atoms with van der Waals surface area (Å²) < 4.78 is 27.3. The number of nitriles is 1. The van der Waals surface area contributed by atoms with Gasteiger partial charge in [-0.05, 0) is 13.0 Å². The molecule has 2 fully saturated rings. The lowest BCUT2D eigenvalue weighted by atomic mass is 9.88. The molecule has 3 heterocycles. The van der Waals surface area contributed by atoms with Crippen LogP contribution in [-0.4, -0.2) is 44.0 Å². The third-order valence-electron chi connectivity index (χ3n) is 3.86. The van der Waals surface area contributed by atoms with Gasteiger partial charge in [-0.15, -0.1) is 0 Å². The minimum absolute atomic E-state index is 0.0751. The number of hydrogen-bond acceptors (Lipinski definition) is 9. The first kappa shape index (κ1) is 16.1. The lowest BCUT2D eigenvalue weighted by Crippen LogP contribution is -2.58. The first-order valence-electron chi connectivity index (χ1n) is 6.46. The molecule has 3 rings (SSSR count). The molecule has 2 saturated heterocycles.